The van der Waals surface area contributed by atoms with E-state index >= 15 is 0 Å². The van der Waals surface area contributed by atoms with E-state index in [1.165, 1.54) is 19.3 Å². The van der Waals surface area contributed by atoms with Gasteiger partial charge in [-0.2, -0.15) is 0 Å². The molecule has 0 radical (unpaired) electrons. The van der Waals surface area contributed by atoms with E-state index < -0.39 is 0 Å². The molecule has 0 aromatic heterocycles. The summed E-state index contributed by atoms with van der Waals surface area (Å²) in [7, 11) is 0. The molecule has 2 N–H and O–H groups in total. The second-order valence-corrected chi connectivity index (χ2v) is 3.74. The Balaban J connectivity index is 2.82. The van der Waals surface area contributed by atoms with E-state index in [2.05, 4.69) is 19.2 Å². The third-order valence-corrected chi connectivity index (χ3v) is 1.81. The molecule has 0 aromatic rings. The van der Waals surface area contributed by atoms with Crippen LogP contribution >= 0.6 is 0 Å². The van der Waals surface area contributed by atoms with Crippen molar-refractivity contribution < 1.29 is 5.11 Å². The largest absolute Gasteiger partial charge is 0.396 e. The van der Waals surface area contributed by atoms with Crippen molar-refractivity contribution >= 4 is 0 Å². The molecule has 0 saturated heterocycles. The van der Waals surface area contributed by atoms with Crippen LogP contribution in [0.15, 0.2) is 0 Å². The Morgan fingerprint density at radius 3 is 2.33 bits per heavy atom. The summed E-state index contributed by atoms with van der Waals surface area (Å²) in [5.41, 5.74) is 0. The average molecular weight is 173 g/mol. The summed E-state index contributed by atoms with van der Waals surface area (Å²) >= 11 is 0. The lowest BCUT2D eigenvalue weighted by atomic mass is 10.2. The van der Waals surface area contributed by atoms with Gasteiger partial charge in [0.15, 0.2) is 0 Å². The molecule has 0 rings (SSSR count). The highest BCUT2D eigenvalue weighted by Crippen LogP contribution is 1.97. The summed E-state index contributed by atoms with van der Waals surface area (Å²) < 4.78 is 0. The zero-order valence-electron chi connectivity index (χ0n) is 8.47. The molecule has 0 fully saturated rings. The van der Waals surface area contributed by atoms with Crippen molar-refractivity contribution in [2.75, 3.05) is 19.7 Å². The molecule has 0 atom stereocenters. The van der Waals surface area contributed by atoms with Gasteiger partial charge in [-0.05, 0) is 31.8 Å². The first-order chi connectivity index (χ1) is 5.77. The highest BCUT2D eigenvalue weighted by Gasteiger charge is 1.92. The van der Waals surface area contributed by atoms with Gasteiger partial charge < -0.3 is 10.4 Å². The molecule has 74 valence electrons. The minimum absolute atomic E-state index is 0.347. The molecule has 0 heterocycles. The first-order valence-corrected chi connectivity index (χ1v) is 5.09. The second kappa shape index (κ2) is 9.01. The molecule has 12 heavy (non-hydrogen) atoms. The molecule has 0 aliphatic rings. The molecule has 0 aliphatic carbocycles. The summed E-state index contributed by atoms with van der Waals surface area (Å²) in [4.78, 5) is 0. The molecule has 0 aromatic carbocycles. The molecule has 0 amide bonds. The monoisotopic (exact) mass is 173 g/mol. The first-order valence-electron chi connectivity index (χ1n) is 5.09. The van der Waals surface area contributed by atoms with Gasteiger partial charge in [0, 0.05) is 6.61 Å². The van der Waals surface area contributed by atoms with Crippen molar-refractivity contribution in [3.05, 3.63) is 0 Å². The zero-order valence-corrected chi connectivity index (χ0v) is 8.47. The SMILES string of the molecule is CC(C)CNCCCCCCO. The summed E-state index contributed by atoms with van der Waals surface area (Å²) in [5, 5.41) is 11.9. The van der Waals surface area contributed by atoms with E-state index in [-0.39, 0.29) is 0 Å². The van der Waals surface area contributed by atoms with Crippen LogP contribution in [0.2, 0.25) is 0 Å². The predicted molar refractivity (Wildman–Crippen MR) is 53.3 cm³/mol. The van der Waals surface area contributed by atoms with Crippen LogP contribution in [0.5, 0.6) is 0 Å². The van der Waals surface area contributed by atoms with E-state index in [4.69, 9.17) is 5.11 Å². The lowest BCUT2D eigenvalue weighted by molar-refractivity contribution is 0.282. The molecule has 2 nitrogen and oxygen atoms in total. The van der Waals surface area contributed by atoms with Crippen molar-refractivity contribution in [1.29, 1.82) is 0 Å². The van der Waals surface area contributed by atoms with Crippen LogP contribution in [-0.4, -0.2) is 24.8 Å². The van der Waals surface area contributed by atoms with Crippen molar-refractivity contribution in [3.8, 4) is 0 Å². The number of aliphatic hydroxyl groups is 1. The maximum absolute atomic E-state index is 8.53. The first kappa shape index (κ1) is 11.9. The minimum atomic E-state index is 0.347. The number of aliphatic hydroxyl groups excluding tert-OH is 1. The highest BCUT2D eigenvalue weighted by atomic mass is 16.2. The molecule has 0 spiro atoms. The van der Waals surface area contributed by atoms with Gasteiger partial charge >= 0.3 is 0 Å². The van der Waals surface area contributed by atoms with Crippen LogP contribution in [0.1, 0.15) is 39.5 Å². The summed E-state index contributed by atoms with van der Waals surface area (Å²) in [6.45, 7) is 7.04. The smallest absolute Gasteiger partial charge is 0.0431 e. The third kappa shape index (κ3) is 9.92. The Labute approximate surface area is 76.4 Å². The van der Waals surface area contributed by atoms with E-state index in [1.54, 1.807) is 0 Å². The molecular weight excluding hydrogens is 150 g/mol. The summed E-state index contributed by atoms with van der Waals surface area (Å²) in [6, 6.07) is 0. The van der Waals surface area contributed by atoms with Gasteiger partial charge in [0.1, 0.15) is 0 Å². The fraction of sp³-hybridized carbons (Fsp3) is 1.00. The number of unbranched alkanes of at least 4 members (excludes halogenated alkanes) is 3. The zero-order chi connectivity index (χ0) is 9.23. The lowest BCUT2D eigenvalue weighted by Gasteiger charge is -2.06. The van der Waals surface area contributed by atoms with E-state index in [0.717, 1.165) is 25.4 Å². The van der Waals surface area contributed by atoms with Gasteiger partial charge in [0.2, 0.25) is 0 Å². The summed E-state index contributed by atoms with van der Waals surface area (Å²) in [6.07, 6.45) is 4.61. The van der Waals surface area contributed by atoms with Crippen LogP contribution < -0.4 is 5.32 Å². The molecular formula is C10H23NO. The maximum atomic E-state index is 8.53. The Kier molecular flexibility index (Phi) is 8.95. The Morgan fingerprint density at radius 2 is 1.75 bits per heavy atom. The second-order valence-electron chi connectivity index (χ2n) is 3.74. The minimum Gasteiger partial charge on any atom is -0.396 e. The molecule has 2 heteroatoms. The van der Waals surface area contributed by atoms with Crippen molar-refractivity contribution in [1.82, 2.24) is 5.32 Å². The van der Waals surface area contributed by atoms with Crippen molar-refractivity contribution in [2.24, 2.45) is 5.92 Å². The van der Waals surface area contributed by atoms with Gasteiger partial charge in [-0.25, -0.2) is 0 Å². The standard InChI is InChI=1S/C10H23NO/c1-10(2)9-11-7-5-3-4-6-8-12/h10-12H,3-9H2,1-2H3. The molecule has 0 bridgehead atoms. The fourth-order valence-corrected chi connectivity index (χ4v) is 1.11. The quantitative estimate of drug-likeness (QED) is 0.548. The van der Waals surface area contributed by atoms with Crippen LogP contribution in [0.4, 0.5) is 0 Å². The average Bonchev–Trinajstić information content (AvgIpc) is 2.02. The molecule has 0 saturated carbocycles. The predicted octanol–water partition coefficient (Wildman–Crippen LogP) is 1.78. The normalized spacial score (nSPS) is 11.0. The van der Waals surface area contributed by atoms with Crippen molar-refractivity contribution in [3.63, 3.8) is 0 Å². The number of nitrogens with one attached hydrogen (secondary N) is 1. The van der Waals surface area contributed by atoms with E-state index in [9.17, 15) is 0 Å². The highest BCUT2D eigenvalue weighted by molar-refractivity contribution is 4.51. The third-order valence-electron chi connectivity index (χ3n) is 1.81. The number of hydrogen-bond donors (Lipinski definition) is 2. The Bertz CT molecular complexity index is 83.9. The van der Waals surface area contributed by atoms with Gasteiger partial charge in [-0.3, -0.25) is 0 Å². The number of rotatable bonds is 8. The molecule has 0 aliphatic heterocycles. The Hall–Kier alpha value is -0.0800. The van der Waals surface area contributed by atoms with Crippen molar-refractivity contribution in [2.45, 2.75) is 39.5 Å². The van der Waals surface area contributed by atoms with Crippen LogP contribution in [0, 0.1) is 5.92 Å². The summed E-state index contributed by atoms with van der Waals surface area (Å²) in [5.74, 6) is 0.752. The lowest BCUT2D eigenvalue weighted by Crippen LogP contribution is -2.20. The van der Waals surface area contributed by atoms with Crippen LogP contribution in [0.25, 0.3) is 0 Å². The number of hydrogen-bond acceptors (Lipinski definition) is 2. The van der Waals surface area contributed by atoms with Gasteiger partial charge in [-0.1, -0.05) is 26.7 Å². The van der Waals surface area contributed by atoms with Gasteiger partial charge in [0.25, 0.3) is 0 Å². The van der Waals surface area contributed by atoms with Crippen LogP contribution in [-0.2, 0) is 0 Å². The maximum Gasteiger partial charge on any atom is 0.0431 e. The van der Waals surface area contributed by atoms with Gasteiger partial charge in [0.05, 0.1) is 0 Å². The Morgan fingerprint density at radius 1 is 1.08 bits per heavy atom. The fourth-order valence-electron chi connectivity index (χ4n) is 1.11. The van der Waals surface area contributed by atoms with Crippen LogP contribution in [0.3, 0.4) is 0 Å². The van der Waals surface area contributed by atoms with Gasteiger partial charge in [-0.15, -0.1) is 0 Å². The topological polar surface area (TPSA) is 32.3 Å². The molecule has 0 unspecified atom stereocenters. The van der Waals surface area contributed by atoms with E-state index in [1.807, 2.05) is 0 Å². The van der Waals surface area contributed by atoms with E-state index in [0.29, 0.717) is 6.61 Å².